The van der Waals surface area contributed by atoms with Crippen molar-refractivity contribution in [2.45, 2.75) is 46.1 Å². The van der Waals surface area contributed by atoms with Crippen LogP contribution in [-0.4, -0.2) is 37.4 Å². The second kappa shape index (κ2) is 6.98. The standard InChI is InChI=1S/C20H23N5O2/c1-13-17(15(3)25(21-13)16-8-5-4-6-9-16)12-19(26)24-11-7-10-18(24)20-14(2)22-27-23-20/h4-6,8-9,18H,7,10-12H2,1-3H3/t18-/m0/s1. The van der Waals surface area contributed by atoms with Crippen LogP contribution < -0.4 is 0 Å². The first-order valence-corrected chi connectivity index (χ1v) is 9.25. The molecule has 7 heteroatoms. The molecule has 27 heavy (non-hydrogen) atoms. The van der Waals surface area contributed by atoms with Gasteiger partial charge in [-0.25, -0.2) is 9.31 Å². The van der Waals surface area contributed by atoms with E-state index in [4.69, 9.17) is 4.63 Å². The summed E-state index contributed by atoms with van der Waals surface area (Å²) in [7, 11) is 0. The molecule has 1 amide bonds. The highest BCUT2D eigenvalue weighted by atomic mass is 16.6. The minimum Gasteiger partial charge on any atom is -0.334 e. The number of carbonyl (C=O) groups is 1. The zero-order chi connectivity index (χ0) is 19.0. The Morgan fingerprint density at radius 3 is 2.63 bits per heavy atom. The van der Waals surface area contributed by atoms with Gasteiger partial charge in [-0.1, -0.05) is 28.5 Å². The molecule has 1 fully saturated rings. The van der Waals surface area contributed by atoms with E-state index >= 15 is 0 Å². The maximum Gasteiger partial charge on any atom is 0.227 e. The van der Waals surface area contributed by atoms with Gasteiger partial charge in [0.1, 0.15) is 11.4 Å². The summed E-state index contributed by atoms with van der Waals surface area (Å²) in [4.78, 5) is 15.0. The fraction of sp³-hybridized carbons (Fsp3) is 0.400. The van der Waals surface area contributed by atoms with Crippen LogP contribution in [0.15, 0.2) is 35.0 Å². The Bertz CT molecular complexity index is 960. The molecular weight excluding hydrogens is 342 g/mol. The van der Waals surface area contributed by atoms with E-state index in [0.29, 0.717) is 6.42 Å². The number of para-hydroxylation sites is 1. The maximum absolute atomic E-state index is 13.1. The average molecular weight is 365 g/mol. The number of rotatable bonds is 4. The molecule has 140 valence electrons. The molecular formula is C20H23N5O2. The van der Waals surface area contributed by atoms with Crippen molar-refractivity contribution in [2.24, 2.45) is 0 Å². The zero-order valence-electron chi connectivity index (χ0n) is 15.8. The van der Waals surface area contributed by atoms with E-state index in [0.717, 1.165) is 53.4 Å². The summed E-state index contributed by atoms with van der Waals surface area (Å²) in [6.07, 6.45) is 2.19. The molecule has 1 aliphatic rings. The summed E-state index contributed by atoms with van der Waals surface area (Å²) in [5.74, 6) is 0.0960. The van der Waals surface area contributed by atoms with Gasteiger partial charge in [0.2, 0.25) is 5.91 Å². The first-order chi connectivity index (χ1) is 13.1. The van der Waals surface area contributed by atoms with Crippen LogP contribution in [-0.2, 0) is 11.2 Å². The van der Waals surface area contributed by atoms with Gasteiger partial charge in [0.05, 0.1) is 23.8 Å². The van der Waals surface area contributed by atoms with Gasteiger partial charge in [-0.3, -0.25) is 4.79 Å². The number of hydrogen-bond acceptors (Lipinski definition) is 5. The van der Waals surface area contributed by atoms with Crippen molar-refractivity contribution in [3.8, 4) is 5.69 Å². The molecule has 7 nitrogen and oxygen atoms in total. The zero-order valence-corrected chi connectivity index (χ0v) is 15.8. The number of aryl methyl sites for hydroxylation is 2. The molecule has 0 unspecified atom stereocenters. The predicted octanol–water partition coefficient (Wildman–Crippen LogP) is 3.09. The van der Waals surface area contributed by atoms with E-state index < -0.39 is 0 Å². The van der Waals surface area contributed by atoms with Crippen LogP contribution in [0.2, 0.25) is 0 Å². The molecule has 3 aromatic rings. The summed E-state index contributed by atoms with van der Waals surface area (Å²) in [5, 5.41) is 12.5. The van der Waals surface area contributed by atoms with Crippen molar-refractivity contribution in [1.82, 2.24) is 25.0 Å². The molecule has 0 N–H and O–H groups in total. The van der Waals surface area contributed by atoms with Crippen LogP contribution in [0.3, 0.4) is 0 Å². The number of carbonyl (C=O) groups excluding carboxylic acids is 1. The van der Waals surface area contributed by atoms with Crippen LogP contribution in [0.4, 0.5) is 0 Å². The third-order valence-corrected chi connectivity index (χ3v) is 5.35. The maximum atomic E-state index is 13.1. The molecule has 2 aromatic heterocycles. The molecule has 1 saturated heterocycles. The number of nitrogens with zero attached hydrogens (tertiary/aromatic N) is 5. The van der Waals surface area contributed by atoms with Crippen molar-refractivity contribution in [3.05, 3.63) is 58.7 Å². The number of aromatic nitrogens is 4. The number of amides is 1. The average Bonchev–Trinajstić information content (AvgIpc) is 3.37. The molecule has 1 aliphatic heterocycles. The van der Waals surface area contributed by atoms with Crippen molar-refractivity contribution >= 4 is 5.91 Å². The minimum absolute atomic E-state index is 0.0477. The molecule has 0 saturated carbocycles. The first-order valence-electron chi connectivity index (χ1n) is 9.25. The van der Waals surface area contributed by atoms with Crippen molar-refractivity contribution < 1.29 is 9.42 Å². The fourth-order valence-electron chi connectivity index (χ4n) is 3.89. The summed E-state index contributed by atoms with van der Waals surface area (Å²) in [6.45, 7) is 6.58. The largest absolute Gasteiger partial charge is 0.334 e. The third kappa shape index (κ3) is 3.13. The Balaban J connectivity index is 1.58. The van der Waals surface area contributed by atoms with Crippen molar-refractivity contribution in [1.29, 1.82) is 0 Å². The first kappa shape index (κ1) is 17.5. The molecule has 0 spiro atoms. The second-order valence-corrected chi connectivity index (χ2v) is 7.05. The Morgan fingerprint density at radius 1 is 1.15 bits per heavy atom. The Morgan fingerprint density at radius 2 is 1.93 bits per heavy atom. The van der Waals surface area contributed by atoms with Gasteiger partial charge < -0.3 is 4.90 Å². The van der Waals surface area contributed by atoms with Gasteiger partial charge >= 0.3 is 0 Å². The fourth-order valence-corrected chi connectivity index (χ4v) is 3.89. The highest BCUT2D eigenvalue weighted by Gasteiger charge is 2.34. The van der Waals surface area contributed by atoms with Crippen LogP contribution in [0.1, 0.15) is 47.2 Å². The van der Waals surface area contributed by atoms with Gasteiger partial charge in [0, 0.05) is 17.8 Å². The minimum atomic E-state index is -0.0477. The Kier molecular flexibility index (Phi) is 4.51. The third-order valence-electron chi connectivity index (χ3n) is 5.35. The van der Waals surface area contributed by atoms with Gasteiger partial charge in [0.25, 0.3) is 0 Å². The normalized spacial score (nSPS) is 16.9. The smallest absolute Gasteiger partial charge is 0.227 e. The lowest BCUT2D eigenvalue weighted by Gasteiger charge is -2.23. The van der Waals surface area contributed by atoms with Crippen molar-refractivity contribution in [3.63, 3.8) is 0 Å². The van der Waals surface area contributed by atoms with Gasteiger partial charge in [-0.2, -0.15) is 5.10 Å². The molecule has 0 aliphatic carbocycles. The predicted molar refractivity (Wildman–Crippen MR) is 99.5 cm³/mol. The van der Waals surface area contributed by atoms with E-state index in [1.54, 1.807) is 0 Å². The molecule has 1 aromatic carbocycles. The highest BCUT2D eigenvalue weighted by Crippen LogP contribution is 2.33. The Labute approximate surface area is 157 Å². The molecule has 0 bridgehead atoms. The SMILES string of the molecule is Cc1nonc1[C@@H]1CCCN1C(=O)Cc1c(C)nn(-c2ccccc2)c1C. The molecule has 1 atom stereocenters. The van der Waals surface area contributed by atoms with E-state index in [2.05, 4.69) is 15.4 Å². The summed E-state index contributed by atoms with van der Waals surface area (Å²) < 4.78 is 6.75. The number of benzene rings is 1. The van der Waals surface area contributed by atoms with Crippen LogP contribution >= 0.6 is 0 Å². The van der Waals surface area contributed by atoms with E-state index in [1.807, 2.05) is 60.7 Å². The lowest BCUT2D eigenvalue weighted by atomic mass is 10.1. The van der Waals surface area contributed by atoms with Gasteiger partial charge in [0.15, 0.2) is 0 Å². The quantitative estimate of drug-likeness (QED) is 0.710. The molecule has 0 radical (unpaired) electrons. The molecule has 4 rings (SSSR count). The molecule has 3 heterocycles. The monoisotopic (exact) mass is 365 g/mol. The van der Waals surface area contributed by atoms with Gasteiger partial charge in [-0.15, -0.1) is 0 Å². The van der Waals surface area contributed by atoms with Crippen LogP contribution in [0.5, 0.6) is 0 Å². The van der Waals surface area contributed by atoms with E-state index in [-0.39, 0.29) is 11.9 Å². The topological polar surface area (TPSA) is 77.1 Å². The summed E-state index contributed by atoms with van der Waals surface area (Å²) >= 11 is 0. The van der Waals surface area contributed by atoms with Crippen LogP contribution in [0.25, 0.3) is 5.69 Å². The lowest BCUT2D eigenvalue weighted by Crippen LogP contribution is -2.32. The summed E-state index contributed by atoms with van der Waals surface area (Å²) in [6, 6.07) is 9.94. The number of hydrogen-bond donors (Lipinski definition) is 0. The van der Waals surface area contributed by atoms with Crippen molar-refractivity contribution in [2.75, 3.05) is 6.54 Å². The lowest BCUT2D eigenvalue weighted by molar-refractivity contribution is -0.131. The second-order valence-electron chi connectivity index (χ2n) is 7.05. The van der Waals surface area contributed by atoms with E-state index in [9.17, 15) is 4.79 Å². The number of likely N-dealkylation sites (tertiary alicyclic amines) is 1. The van der Waals surface area contributed by atoms with Crippen LogP contribution in [0, 0.1) is 20.8 Å². The van der Waals surface area contributed by atoms with E-state index in [1.165, 1.54) is 0 Å². The highest BCUT2D eigenvalue weighted by molar-refractivity contribution is 5.80. The summed E-state index contributed by atoms with van der Waals surface area (Å²) in [5.41, 5.74) is 5.41. The Hall–Kier alpha value is -2.96. The van der Waals surface area contributed by atoms with Gasteiger partial charge in [-0.05, 0) is 45.7 Å².